The molecule has 1 aliphatic rings. The number of ether oxygens (including phenoxy) is 2. The van der Waals surface area contributed by atoms with E-state index in [0.717, 1.165) is 29.8 Å². The number of hydrogen-bond acceptors (Lipinski definition) is 7. The van der Waals surface area contributed by atoms with Crippen molar-refractivity contribution < 1.29 is 31.1 Å². The van der Waals surface area contributed by atoms with Crippen LogP contribution >= 0.6 is 0 Å². The highest BCUT2D eigenvalue weighted by atomic mass is 32.2. The predicted octanol–water partition coefficient (Wildman–Crippen LogP) is 1.83. The fraction of sp³-hybridized carbons (Fsp3) is 0.435. The Bertz CT molecular complexity index is 1210. The number of hydrogen-bond donors (Lipinski definition) is 1. The first-order chi connectivity index (χ1) is 16.6. The summed E-state index contributed by atoms with van der Waals surface area (Å²) < 4.78 is 63.3. The lowest BCUT2D eigenvalue weighted by molar-refractivity contribution is -0.119. The van der Waals surface area contributed by atoms with Gasteiger partial charge in [-0.1, -0.05) is 18.6 Å². The molecule has 0 atom stereocenters. The van der Waals surface area contributed by atoms with E-state index in [2.05, 4.69) is 5.32 Å². The number of carbonyl (C=O) groups is 1. The third kappa shape index (κ3) is 7.09. The van der Waals surface area contributed by atoms with E-state index in [1.165, 1.54) is 23.5 Å². The van der Waals surface area contributed by atoms with E-state index in [1.54, 1.807) is 36.4 Å². The third-order valence-electron chi connectivity index (χ3n) is 5.51. The van der Waals surface area contributed by atoms with Crippen molar-refractivity contribution in [1.82, 2.24) is 9.62 Å². The Balaban J connectivity index is 1.51. The van der Waals surface area contributed by atoms with Crippen molar-refractivity contribution in [2.24, 2.45) is 0 Å². The Kier molecular flexibility index (Phi) is 8.98. The topological polar surface area (TPSA) is 122 Å². The van der Waals surface area contributed by atoms with Crippen molar-refractivity contribution in [2.75, 3.05) is 50.5 Å². The number of nitrogens with one attached hydrogen (secondary N) is 1. The van der Waals surface area contributed by atoms with Crippen LogP contribution in [0.4, 0.5) is 5.69 Å². The van der Waals surface area contributed by atoms with Crippen LogP contribution in [0.5, 0.6) is 11.5 Å². The monoisotopic (exact) mass is 525 g/mol. The van der Waals surface area contributed by atoms with Gasteiger partial charge in [-0.25, -0.2) is 16.8 Å². The molecule has 2 aromatic rings. The number of nitrogens with zero attached hydrogens (tertiary/aromatic N) is 2. The lowest BCUT2D eigenvalue weighted by atomic mass is 10.2. The molecule has 0 unspecified atom stereocenters. The Labute approximate surface area is 206 Å². The van der Waals surface area contributed by atoms with Crippen LogP contribution in [0.15, 0.2) is 53.4 Å². The SMILES string of the molecule is COc1ccccc1N(CC(=O)NCCOc1ccc(S(=O)(=O)N2CCCCC2)cc1)S(C)(=O)=O. The van der Waals surface area contributed by atoms with Crippen molar-refractivity contribution >= 4 is 31.6 Å². The van der Waals surface area contributed by atoms with Crippen LogP contribution < -0.4 is 19.1 Å². The maximum Gasteiger partial charge on any atom is 0.243 e. The minimum absolute atomic E-state index is 0.123. The molecule has 2 aromatic carbocycles. The van der Waals surface area contributed by atoms with Crippen LogP contribution in [0.3, 0.4) is 0 Å². The highest BCUT2D eigenvalue weighted by Gasteiger charge is 2.26. The van der Waals surface area contributed by atoms with E-state index in [-0.39, 0.29) is 23.7 Å². The third-order valence-corrected chi connectivity index (χ3v) is 8.55. The molecule has 1 fully saturated rings. The highest BCUT2D eigenvalue weighted by Crippen LogP contribution is 2.29. The summed E-state index contributed by atoms with van der Waals surface area (Å²) >= 11 is 0. The van der Waals surface area contributed by atoms with Gasteiger partial charge in [0.15, 0.2) is 0 Å². The lowest BCUT2D eigenvalue weighted by Crippen LogP contribution is -2.41. The number of benzene rings is 2. The number of piperidine rings is 1. The predicted molar refractivity (Wildman–Crippen MR) is 133 cm³/mol. The van der Waals surface area contributed by atoms with Gasteiger partial charge in [-0.05, 0) is 49.2 Å². The molecule has 3 rings (SSSR count). The van der Waals surface area contributed by atoms with Crippen molar-refractivity contribution in [2.45, 2.75) is 24.2 Å². The second-order valence-corrected chi connectivity index (χ2v) is 11.9. The lowest BCUT2D eigenvalue weighted by Gasteiger charge is -2.25. The van der Waals surface area contributed by atoms with E-state index in [4.69, 9.17) is 9.47 Å². The molecule has 10 nitrogen and oxygen atoms in total. The number of sulfonamides is 2. The summed E-state index contributed by atoms with van der Waals surface area (Å²) in [6, 6.07) is 12.7. The van der Waals surface area contributed by atoms with Crippen molar-refractivity contribution in [3.05, 3.63) is 48.5 Å². The standard InChI is InChI=1S/C23H31N3O7S2/c1-32-22-9-5-4-8-21(22)26(34(2,28)29)18-23(27)24-14-17-33-19-10-12-20(13-11-19)35(30,31)25-15-6-3-7-16-25/h4-5,8-13H,3,6-7,14-18H2,1-2H3,(H,24,27). The molecule has 1 N–H and O–H groups in total. The molecule has 35 heavy (non-hydrogen) atoms. The van der Waals surface area contributed by atoms with Crippen LogP contribution in [0.1, 0.15) is 19.3 Å². The van der Waals surface area contributed by atoms with Crippen molar-refractivity contribution in [3.8, 4) is 11.5 Å². The first kappa shape index (κ1) is 26.8. The van der Waals surface area contributed by atoms with Gasteiger partial charge in [0, 0.05) is 13.1 Å². The molecule has 192 valence electrons. The molecule has 0 aliphatic carbocycles. The average Bonchev–Trinajstić information content (AvgIpc) is 2.85. The first-order valence-corrected chi connectivity index (χ1v) is 14.5. The smallest absolute Gasteiger partial charge is 0.243 e. The fourth-order valence-corrected chi connectivity index (χ4v) is 6.10. The summed E-state index contributed by atoms with van der Waals surface area (Å²) in [6.45, 7) is 0.915. The summed E-state index contributed by atoms with van der Waals surface area (Å²) in [7, 11) is -5.82. The average molecular weight is 526 g/mol. The zero-order valence-electron chi connectivity index (χ0n) is 19.8. The van der Waals surface area contributed by atoms with Crippen LogP contribution in [-0.4, -0.2) is 73.2 Å². The summed E-state index contributed by atoms with van der Waals surface area (Å²) in [4.78, 5) is 12.6. The van der Waals surface area contributed by atoms with Crippen molar-refractivity contribution in [3.63, 3.8) is 0 Å². The van der Waals surface area contributed by atoms with Gasteiger partial charge in [0.2, 0.25) is 26.0 Å². The number of amides is 1. The highest BCUT2D eigenvalue weighted by molar-refractivity contribution is 7.92. The van der Waals surface area contributed by atoms with Gasteiger partial charge in [0.05, 0.1) is 30.5 Å². The van der Waals surface area contributed by atoms with E-state index in [1.807, 2.05) is 0 Å². The van der Waals surface area contributed by atoms with Crippen LogP contribution in [0.2, 0.25) is 0 Å². The van der Waals surface area contributed by atoms with Gasteiger partial charge in [0.1, 0.15) is 24.7 Å². The molecule has 12 heteroatoms. The quantitative estimate of drug-likeness (QED) is 0.444. The molecular formula is C23H31N3O7S2. The normalized spacial score (nSPS) is 14.8. The van der Waals surface area contributed by atoms with Crippen molar-refractivity contribution in [1.29, 1.82) is 0 Å². The van der Waals surface area contributed by atoms with Gasteiger partial charge in [0.25, 0.3) is 0 Å². The number of methoxy groups -OCH3 is 1. The minimum atomic E-state index is -3.74. The maximum absolute atomic E-state index is 12.7. The Hall–Kier alpha value is -2.83. The number of anilines is 1. The van der Waals surface area contributed by atoms with Gasteiger partial charge >= 0.3 is 0 Å². The number of para-hydroxylation sites is 2. The summed E-state index contributed by atoms with van der Waals surface area (Å²) in [5.74, 6) is 0.288. The molecule has 0 radical (unpaired) electrons. The molecule has 0 saturated carbocycles. The first-order valence-electron chi connectivity index (χ1n) is 11.2. The fourth-order valence-electron chi connectivity index (χ4n) is 3.72. The van der Waals surface area contributed by atoms with Crippen LogP contribution in [0.25, 0.3) is 0 Å². The van der Waals surface area contributed by atoms with E-state index in [0.29, 0.717) is 24.6 Å². The summed E-state index contributed by atoms with van der Waals surface area (Å²) in [5, 5.41) is 2.63. The molecule has 1 saturated heterocycles. The second-order valence-electron chi connectivity index (χ2n) is 8.08. The zero-order valence-corrected chi connectivity index (χ0v) is 21.5. The zero-order chi connectivity index (χ0) is 25.5. The molecule has 0 spiro atoms. The molecule has 1 heterocycles. The largest absolute Gasteiger partial charge is 0.495 e. The van der Waals surface area contributed by atoms with Gasteiger partial charge in [-0.2, -0.15) is 4.31 Å². The Morgan fingerprint density at radius 1 is 1.00 bits per heavy atom. The maximum atomic E-state index is 12.7. The Morgan fingerprint density at radius 2 is 1.66 bits per heavy atom. The summed E-state index contributed by atoms with van der Waals surface area (Å²) in [5.41, 5.74) is 0.267. The van der Waals surface area contributed by atoms with Crippen LogP contribution in [0, 0.1) is 0 Å². The molecule has 0 aromatic heterocycles. The van der Waals surface area contributed by atoms with E-state index < -0.39 is 32.5 Å². The molecule has 0 bridgehead atoms. The van der Waals surface area contributed by atoms with E-state index in [9.17, 15) is 21.6 Å². The van der Waals surface area contributed by atoms with Gasteiger partial charge < -0.3 is 14.8 Å². The van der Waals surface area contributed by atoms with Crippen LogP contribution in [-0.2, 0) is 24.8 Å². The van der Waals surface area contributed by atoms with Gasteiger partial charge in [-0.15, -0.1) is 0 Å². The Morgan fingerprint density at radius 3 is 2.29 bits per heavy atom. The minimum Gasteiger partial charge on any atom is -0.495 e. The summed E-state index contributed by atoms with van der Waals surface area (Å²) in [6.07, 6.45) is 3.80. The molecular weight excluding hydrogens is 494 g/mol. The molecule has 1 aliphatic heterocycles. The van der Waals surface area contributed by atoms with Gasteiger partial charge in [-0.3, -0.25) is 9.10 Å². The number of rotatable bonds is 11. The number of carbonyl (C=O) groups excluding carboxylic acids is 1. The molecule has 1 amide bonds. The second kappa shape index (κ2) is 11.7. The van der Waals surface area contributed by atoms with E-state index >= 15 is 0 Å².